The van der Waals surface area contributed by atoms with E-state index in [9.17, 15) is 4.39 Å². The summed E-state index contributed by atoms with van der Waals surface area (Å²) in [6.07, 6.45) is 11.3. The summed E-state index contributed by atoms with van der Waals surface area (Å²) in [5.41, 5.74) is 9.39. The largest absolute Gasteiger partial charge is 0.359 e. The van der Waals surface area contributed by atoms with Crippen LogP contribution in [0.3, 0.4) is 0 Å². The second kappa shape index (κ2) is 10.2. The number of aromatic nitrogens is 5. The molecule has 5 aromatic rings. The highest BCUT2D eigenvalue weighted by Crippen LogP contribution is 2.34. The fourth-order valence-corrected chi connectivity index (χ4v) is 4.93. The lowest BCUT2D eigenvalue weighted by Gasteiger charge is -2.28. The molecule has 0 unspecified atom stereocenters. The predicted molar refractivity (Wildman–Crippen MR) is 156 cm³/mol. The van der Waals surface area contributed by atoms with Crippen molar-refractivity contribution < 1.29 is 4.39 Å². The maximum Gasteiger partial charge on any atom is 0.135 e. The summed E-state index contributed by atoms with van der Waals surface area (Å²) < 4.78 is 13.5. The summed E-state index contributed by atoms with van der Waals surface area (Å²) >= 11 is 0. The minimum atomic E-state index is -0.278. The minimum absolute atomic E-state index is 0.278. The predicted octanol–water partition coefficient (Wildman–Crippen LogP) is 7.68. The molecule has 194 valence electrons. The van der Waals surface area contributed by atoms with Crippen LogP contribution < -0.4 is 5.32 Å². The lowest BCUT2D eigenvalue weighted by atomic mass is 9.83. The average molecular weight is 517 g/mol. The molecular formula is C32H29FN6. The van der Waals surface area contributed by atoms with Crippen molar-refractivity contribution in [2.45, 2.75) is 26.2 Å². The first-order valence-corrected chi connectivity index (χ1v) is 13.1. The van der Waals surface area contributed by atoms with Crippen LogP contribution in [-0.2, 0) is 0 Å². The van der Waals surface area contributed by atoms with Crippen LogP contribution in [-0.4, -0.2) is 25.1 Å². The van der Waals surface area contributed by atoms with Crippen LogP contribution in [0.15, 0.2) is 97.5 Å². The Balaban J connectivity index is 1.36. The van der Waals surface area contributed by atoms with Gasteiger partial charge in [-0.1, -0.05) is 25.7 Å². The van der Waals surface area contributed by atoms with Gasteiger partial charge in [0.2, 0.25) is 0 Å². The van der Waals surface area contributed by atoms with Gasteiger partial charge in [0.1, 0.15) is 17.0 Å². The Hall–Kier alpha value is -4.78. The van der Waals surface area contributed by atoms with Crippen molar-refractivity contribution in [1.82, 2.24) is 30.5 Å². The van der Waals surface area contributed by atoms with Crippen LogP contribution >= 0.6 is 0 Å². The number of hydrogen-bond acceptors (Lipinski definition) is 4. The van der Waals surface area contributed by atoms with E-state index in [4.69, 9.17) is 4.98 Å². The van der Waals surface area contributed by atoms with Crippen LogP contribution in [0.25, 0.3) is 50.2 Å². The Morgan fingerprint density at radius 1 is 1.08 bits per heavy atom. The SMILES string of the molecule is C=C/C(=C\C(=C/C)c1ccc2[nH]nc(-c3cc4c(-c5ccc(F)cc5)nccc4[nH]3)c2n1)NC(=C)C1CCC1. The molecule has 4 heterocycles. The Bertz CT molecular complexity index is 1770. The number of fused-ring (bicyclic) bond motifs is 2. The monoisotopic (exact) mass is 516 g/mol. The van der Waals surface area contributed by atoms with Crippen molar-refractivity contribution in [2.75, 3.05) is 0 Å². The molecule has 1 aliphatic carbocycles. The molecule has 6 rings (SSSR count). The summed E-state index contributed by atoms with van der Waals surface area (Å²) in [5.74, 6) is 0.251. The molecule has 1 aromatic carbocycles. The van der Waals surface area contributed by atoms with Crippen molar-refractivity contribution in [3.63, 3.8) is 0 Å². The first-order valence-electron chi connectivity index (χ1n) is 13.1. The zero-order valence-corrected chi connectivity index (χ0v) is 21.8. The minimum Gasteiger partial charge on any atom is -0.359 e. The number of hydrogen-bond donors (Lipinski definition) is 3. The topological polar surface area (TPSA) is 82.3 Å². The smallest absolute Gasteiger partial charge is 0.135 e. The van der Waals surface area contributed by atoms with Crippen molar-refractivity contribution in [3.05, 3.63) is 109 Å². The van der Waals surface area contributed by atoms with E-state index in [1.165, 1.54) is 31.4 Å². The van der Waals surface area contributed by atoms with E-state index >= 15 is 0 Å². The molecule has 4 aromatic heterocycles. The van der Waals surface area contributed by atoms with Gasteiger partial charge < -0.3 is 10.3 Å². The van der Waals surface area contributed by atoms with Crippen LogP contribution in [0.5, 0.6) is 0 Å². The third-order valence-corrected chi connectivity index (χ3v) is 7.37. The highest BCUT2D eigenvalue weighted by atomic mass is 19.1. The quantitative estimate of drug-likeness (QED) is 0.185. The molecular weight excluding hydrogens is 487 g/mol. The van der Waals surface area contributed by atoms with Gasteiger partial charge in [-0.2, -0.15) is 5.10 Å². The van der Waals surface area contributed by atoms with Crippen molar-refractivity contribution in [1.29, 1.82) is 0 Å². The van der Waals surface area contributed by atoms with Gasteiger partial charge in [0.25, 0.3) is 0 Å². The number of rotatable bonds is 8. The maximum absolute atomic E-state index is 13.5. The Morgan fingerprint density at radius 2 is 1.90 bits per heavy atom. The number of allylic oxidation sites excluding steroid dienone is 5. The molecule has 3 N–H and O–H groups in total. The number of nitrogens with zero attached hydrogens (tertiary/aromatic N) is 3. The lowest BCUT2D eigenvalue weighted by Crippen LogP contribution is -2.23. The molecule has 7 heteroatoms. The van der Waals surface area contributed by atoms with Crippen LogP contribution in [0.1, 0.15) is 31.9 Å². The number of halogens is 1. The maximum atomic E-state index is 13.5. The van der Waals surface area contributed by atoms with Gasteiger partial charge in [-0.25, -0.2) is 9.37 Å². The fourth-order valence-electron chi connectivity index (χ4n) is 4.93. The number of nitrogens with one attached hydrogen (secondary N) is 3. The zero-order chi connectivity index (χ0) is 26.9. The second-order valence-corrected chi connectivity index (χ2v) is 9.80. The molecule has 39 heavy (non-hydrogen) atoms. The molecule has 1 fully saturated rings. The van der Waals surface area contributed by atoms with Gasteiger partial charge in [-0.15, -0.1) is 0 Å². The molecule has 1 aliphatic rings. The van der Waals surface area contributed by atoms with Crippen molar-refractivity contribution >= 4 is 27.5 Å². The van der Waals surface area contributed by atoms with Gasteiger partial charge in [-0.3, -0.25) is 10.1 Å². The molecule has 0 saturated heterocycles. The van der Waals surface area contributed by atoms with Crippen LogP contribution in [0.2, 0.25) is 0 Å². The summed E-state index contributed by atoms with van der Waals surface area (Å²) in [6, 6.07) is 14.3. The standard InChI is InChI=1S/C32H29FN6/c1-4-20(17-24(5-2)35-19(3)21-7-6-8-21)26-13-14-28-31(37-26)32(39-38-28)29-18-25-27(36-29)15-16-34-30(25)22-9-11-23(33)12-10-22/h4-5,9-18,21,35-36H,2-3,6-8H2,1H3,(H,38,39)/b20-4+,24-17+. The van der Waals surface area contributed by atoms with E-state index in [2.05, 4.69) is 38.6 Å². The van der Waals surface area contributed by atoms with E-state index in [1.807, 2.05) is 49.4 Å². The summed E-state index contributed by atoms with van der Waals surface area (Å²) in [5, 5.41) is 12.1. The summed E-state index contributed by atoms with van der Waals surface area (Å²) in [7, 11) is 0. The van der Waals surface area contributed by atoms with E-state index in [1.54, 1.807) is 18.3 Å². The molecule has 6 nitrogen and oxygen atoms in total. The van der Waals surface area contributed by atoms with E-state index < -0.39 is 0 Å². The van der Waals surface area contributed by atoms with Crippen LogP contribution in [0.4, 0.5) is 4.39 Å². The second-order valence-electron chi connectivity index (χ2n) is 9.80. The Morgan fingerprint density at radius 3 is 2.62 bits per heavy atom. The first-order chi connectivity index (χ1) is 19.0. The molecule has 0 bridgehead atoms. The van der Waals surface area contributed by atoms with Crippen molar-refractivity contribution in [2.24, 2.45) is 5.92 Å². The van der Waals surface area contributed by atoms with Crippen LogP contribution in [0, 0.1) is 11.7 Å². The molecule has 0 amide bonds. The van der Waals surface area contributed by atoms with Gasteiger partial charge in [0, 0.05) is 34.1 Å². The Labute approximate surface area is 226 Å². The van der Waals surface area contributed by atoms with Gasteiger partial charge in [0.15, 0.2) is 0 Å². The summed E-state index contributed by atoms with van der Waals surface area (Å²) in [6.45, 7) is 10.2. The zero-order valence-electron chi connectivity index (χ0n) is 21.8. The summed E-state index contributed by atoms with van der Waals surface area (Å²) in [4.78, 5) is 13.0. The Kier molecular flexibility index (Phi) is 6.40. The molecule has 0 aliphatic heterocycles. The number of H-pyrrole nitrogens is 2. The van der Waals surface area contributed by atoms with E-state index in [-0.39, 0.29) is 5.82 Å². The molecule has 0 spiro atoms. The third-order valence-electron chi connectivity index (χ3n) is 7.37. The number of benzene rings is 1. The number of pyridine rings is 2. The third kappa shape index (κ3) is 4.68. The lowest BCUT2D eigenvalue weighted by molar-refractivity contribution is 0.356. The highest BCUT2D eigenvalue weighted by molar-refractivity contribution is 5.99. The van der Waals surface area contributed by atoms with E-state index in [0.29, 0.717) is 11.6 Å². The molecule has 1 saturated carbocycles. The fraction of sp³-hybridized carbons (Fsp3) is 0.156. The molecule has 0 atom stereocenters. The first kappa shape index (κ1) is 24.6. The van der Waals surface area contributed by atoms with Gasteiger partial charge >= 0.3 is 0 Å². The van der Waals surface area contributed by atoms with E-state index in [0.717, 1.165) is 61.5 Å². The van der Waals surface area contributed by atoms with Gasteiger partial charge in [-0.05, 0) is 91.9 Å². The number of aromatic amines is 2. The average Bonchev–Trinajstić information content (AvgIpc) is 3.54. The highest BCUT2D eigenvalue weighted by Gasteiger charge is 2.21. The molecule has 0 radical (unpaired) electrons. The normalized spacial score (nSPS) is 14.5. The van der Waals surface area contributed by atoms with Gasteiger partial charge in [0.05, 0.1) is 22.6 Å². The van der Waals surface area contributed by atoms with Crippen molar-refractivity contribution in [3.8, 4) is 22.6 Å².